The molecule has 3 unspecified atom stereocenters. The molecule has 0 saturated carbocycles. The van der Waals surface area contributed by atoms with Gasteiger partial charge in [0.05, 0.1) is 19.6 Å². The summed E-state index contributed by atoms with van der Waals surface area (Å²) in [6, 6.07) is -0.951. The largest absolute Gasteiger partial charge is 0.373 e. The Morgan fingerprint density at radius 1 is 0.846 bits per heavy atom. The summed E-state index contributed by atoms with van der Waals surface area (Å²) in [5.41, 5.74) is 4.98. The van der Waals surface area contributed by atoms with E-state index in [1.807, 2.05) is 24.3 Å². The van der Waals surface area contributed by atoms with Crippen LogP contribution in [0.1, 0.15) is 104 Å². The number of hydrogen-bond acceptors (Lipinski definition) is 8. The van der Waals surface area contributed by atoms with Gasteiger partial charge in [0.15, 0.2) is 0 Å². The molecule has 15 nitrogen and oxygen atoms in total. The Bertz CT molecular complexity index is 1280. The van der Waals surface area contributed by atoms with Gasteiger partial charge >= 0.3 is 0 Å². The Morgan fingerprint density at radius 3 is 2.15 bits per heavy atom. The first-order valence-corrected chi connectivity index (χ1v) is 18.8. The van der Waals surface area contributed by atoms with Crippen LogP contribution in [0.5, 0.6) is 0 Å². The summed E-state index contributed by atoms with van der Waals surface area (Å²) < 4.78 is 0. The summed E-state index contributed by atoms with van der Waals surface area (Å²) in [5.74, 6) is -2.98. The highest BCUT2D eigenvalue weighted by molar-refractivity contribution is 5.92. The van der Waals surface area contributed by atoms with Gasteiger partial charge in [-0.25, -0.2) is 0 Å². The Kier molecular flexibility index (Phi) is 19.7. The fraction of sp³-hybridized carbons (Fsp3) is 0.703. The number of likely N-dealkylation sites (tertiary alicyclic amines) is 1. The van der Waals surface area contributed by atoms with Crippen molar-refractivity contribution in [1.29, 1.82) is 0 Å². The van der Waals surface area contributed by atoms with Crippen molar-refractivity contribution in [3.05, 3.63) is 24.3 Å². The molecule has 1 heterocycles. The van der Waals surface area contributed by atoms with Crippen molar-refractivity contribution in [2.45, 2.75) is 117 Å². The first-order chi connectivity index (χ1) is 24.8. The first kappa shape index (κ1) is 43.9. The molecule has 7 amide bonds. The molecule has 1 saturated heterocycles. The van der Waals surface area contributed by atoms with Crippen LogP contribution in [-0.2, 0) is 33.6 Å². The molecule has 0 aromatic heterocycles. The standard InChI is InChI=1S/C37H61N7O8/c1-4-37(3,5-2)27-22-34(50)44(36(27)52)20-14-8-12-18-30(46)40-23-32(48)41-25-33(49)43-28(21-26-15-9-6-10-16-26)35(51)42-24-31(47)39-19-13-7-11-17-29(38)45/h6,9-10,15,26-28,34,50H,4-5,7-8,11-14,16-25H2,1-3H3,(H2,38,45)(H,39,47)(H,40,46)(H,41,48)(H,42,51)(H,43,49)/t26-,27?,28?,34?/m1/s1. The maximum Gasteiger partial charge on any atom is 0.243 e. The Labute approximate surface area is 307 Å². The van der Waals surface area contributed by atoms with Gasteiger partial charge < -0.3 is 42.3 Å². The molecule has 1 aliphatic heterocycles. The maximum absolute atomic E-state index is 13.0. The summed E-state index contributed by atoms with van der Waals surface area (Å²) >= 11 is 0. The number of aliphatic hydroxyl groups is 1. The average Bonchev–Trinajstić information content (AvgIpc) is 3.42. The van der Waals surface area contributed by atoms with Crippen molar-refractivity contribution in [2.75, 3.05) is 32.7 Å². The molecule has 2 aliphatic rings. The fourth-order valence-electron chi connectivity index (χ4n) is 6.39. The molecular weight excluding hydrogens is 670 g/mol. The summed E-state index contributed by atoms with van der Waals surface area (Å²) in [5, 5.41) is 23.4. The third-order valence-electron chi connectivity index (χ3n) is 10.1. The molecule has 4 atom stereocenters. The number of nitrogens with one attached hydrogen (secondary N) is 5. The summed E-state index contributed by atoms with van der Waals surface area (Å²) in [6.07, 6.45) is 14.4. The fourth-order valence-corrected chi connectivity index (χ4v) is 6.39. The smallest absolute Gasteiger partial charge is 0.243 e. The van der Waals surface area contributed by atoms with Gasteiger partial charge in [-0.2, -0.15) is 0 Å². The highest BCUT2D eigenvalue weighted by Crippen LogP contribution is 2.42. The first-order valence-electron chi connectivity index (χ1n) is 18.8. The number of unbranched alkanes of at least 4 members (excludes halogenated alkanes) is 4. The van der Waals surface area contributed by atoms with Gasteiger partial charge in [-0.1, -0.05) is 57.9 Å². The van der Waals surface area contributed by atoms with Crippen LogP contribution in [-0.4, -0.2) is 96.4 Å². The van der Waals surface area contributed by atoms with E-state index >= 15 is 0 Å². The van der Waals surface area contributed by atoms with E-state index in [0.717, 1.165) is 19.3 Å². The normalized spacial score (nSPS) is 18.8. The molecule has 0 aromatic carbocycles. The Hall–Kier alpha value is -4.27. The van der Waals surface area contributed by atoms with Crippen molar-refractivity contribution >= 4 is 41.4 Å². The highest BCUT2D eigenvalue weighted by atomic mass is 16.3. The Balaban J connectivity index is 1.68. The minimum absolute atomic E-state index is 0.00324. The van der Waals surface area contributed by atoms with Crippen LogP contribution < -0.4 is 32.3 Å². The topological polar surface area (TPSA) is 229 Å². The number of primary amides is 1. The molecule has 2 rings (SSSR count). The quantitative estimate of drug-likeness (QED) is 0.0670. The van der Waals surface area contributed by atoms with E-state index in [2.05, 4.69) is 47.4 Å². The molecule has 15 heteroatoms. The maximum atomic E-state index is 13.0. The van der Waals surface area contributed by atoms with Crippen LogP contribution in [0.3, 0.4) is 0 Å². The van der Waals surface area contributed by atoms with Crippen molar-refractivity contribution in [3.63, 3.8) is 0 Å². The molecule has 52 heavy (non-hydrogen) atoms. The molecule has 8 N–H and O–H groups in total. The van der Waals surface area contributed by atoms with Crippen molar-refractivity contribution in [1.82, 2.24) is 31.5 Å². The van der Waals surface area contributed by atoms with Crippen molar-refractivity contribution < 1.29 is 38.7 Å². The molecular formula is C37H61N7O8. The molecule has 1 aliphatic carbocycles. The summed E-state index contributed by atoms with van der Waals surface area (Å²) in [4.78, 5) is 87.9. The zero-order valence-electron chi connectivity index (χ0n) is 31.2. The molecule has 0 aromatic rings. The average molecular weight is 732 g/mol. The lowest BCUT2D eigenvalue weighted by atomic mass is 9.72. The molecule has 0 spiro atoms. The van der Waals surface area contributed by atoms with Gasteiger partial charge in [0.1, 0.15) is 12.3 Å². The second kappa shape index (κ2) is 23.3. The molecule has 0 bridgehead atoms. The minimum Gasteiger partial charge on any atom is -0.373 e. The van der Waals surface area contributed by atoms with E-state index < -0.39 is 36.5 Å². The minimum atomic E-state index is -0.951. The van der Waals surface area contributed by atoms with Gasteiger partial charge in [-0.05, 0) is 62.7 Å². The number of hydrogen-bond donors (Lipinski definition) is 7. The van der Waals surface area contributed by atoms with Gasteiger partial charge in [0.25, 0.3) is 0 Å². The van der Waals surface area contributed by atoms with Gasteiger partial charge in [-0.3, -0.25) is 33.6 Å². The van der Waals surface area contributed by atoms with Crippen molar-refractivity contribution in [3.8, 4) is 0 Å². The predicted molar refractivity (Wildman–Crippen MR) is 196 cm³/mol. The van der Waals surface area contributed by atoms with E-state index in [0.29, 0.717) is 64.5 Å². The van der Waals surface area contributed by atoms with Crippen molar-refractivity contribution in [2.24, 2.45) is 23.0 Å². The zero-order chi connectivity index (χ0) is 38.5. The molecule has 0 radical (unpaired) electrons. The predicted octanol–water partition coefficient (Wildman–Crippen LogP) is 1.06. The highest BCUT2D eigenvalue weighted by Gasteiger charge is 2.46. The van der Waals surface area contributed by atoms with Crippen LogP contribution in [0, 0.1) is 17.3 Å². The number of aliphatic hydroxyl groups excluding tert-OH is 1. The number of carbonyl (C=O) groups is 7. The lowest BCUT2D eigenvalue weighted by Crippen LogP contribution is -2.52. The number of allylic oxidation sites excluding steroid dienone is 4. The van der Waals surface area contributed by atoms with E-state index in [1.54, 1.807) is 4.90 Å². The lowest BCUT2D eigenvalue weighted by molar-refractivity contribution is -0.138. The SMILES string of the molecule is CCC(C)(CC)C1CC(O)N(CCCCCC(=O)NCC(=O)NCC(=O)NC(C[C@@H]2C=CC=CC2)C(=O)NCC(=O)NCCCCCC(N)=O)C1=O. The van der Waals surface area contributed by atoms with E-state index in [9.17, 15) is 38.7 Å². The third-order valence-corrected chi connectivity index (χ3v) is 10.1. The third kappa shape index (κ3) is 16.0. The number of nitrogens with two attached hydrogens (primary N) is 1. The van der Waals surface area contributed by atoms with Gasteiger partial charge in [0, 0.05) is 38.3 Å². The number of amides is 7. The molecule has 292 valence electrons. The number of nitrogens with zero attached hydrogens (tertiary/aromatic N) is 1. The van der Waals surface area contributed by atoms with Crippen LogP contribution in [0.4, 0.5) is 0 Å². The van der Waals surface area contributed by atoms with Crippen LogP contribution >= 0.6 is 0 Å². The van der Waals surface area contributed by atoms with E-state index in [-0.39, 0.29) is 66.8 Å². The summed E-state index contributed by atoms with van der Waals surface area (Å²) in [7, 11) is 0. The molecule has 1 fully saturated rings. The van der Waals surface area contributed by atoms with E-state index in [4.69, 9.17) is 5.73 Å². The number of rotatable bonds is 25. The zero-order valence-corrected chi connectivity index (χ0v) is 31.2. The number of carbonyl (C=O) groups excluding carboxylic acids is 7. The monoisotopic (exact) mass is 731 g/mol. The van der Waals surface area contributed by atoms with Gasteiger partial charge in [0.2, 0.25) is 41.4 Å². The Morgan fingerprint density at radius 2 is 1.48 bits per heavy atom. The van der Waals surface area contributed by atoms with Gasteiger partial charge in [-0.15, -0.1) is 0 Å². The van der Waals surface area contributed by atoms with Crippen LogP contribution in [0.25, 0.3) is 0 Å². The second-order valence-corrected chi connectivity index (χ2v) is 14.0. The van der Waals surface area contributed by atoms with Crippen LogP contribution in [0.2, 0.25) is 0 Å². The summed E-state index contributed by atoms with van der Waals surface area (Å²) in [6.45, 7) is 6.05. The lowest BCUT2D eigenvalue weighted by Gasteiger charge is -2.32. The van der Waals surface area contributed by atoms with Crippen LogP contribution in [0.15, 0.2) is 24.3 Å². The van der Waals surface area contributed by atoms with E-state index in [1.165, 1.54) is 0 Å². The second-order valence-electron chi connectivity index (χ2n) is 14.0.